The minimum Gasteiger partial charge on any atom is -0.394 e. The molecule has 0 saturated carbocycles. The standard InChI is InChI=1S/C13H22N2O2/c1-12(2)13(6-5-10-16)14-17-11-9-15-7-3-4-8-15/h12,16H,3-4,7-11H2,1-2H3/b14-13+. The van der Waals surface area contributed by atoms with Crippen molar-refractivity contribution in [3.63, 3.8) is 0 Å². The Kier molecular flexibility index (Phi) is 6.68. The summed E-state index contributed by atoms with van der Waals surface area (Å²) < 4.78 is 0. The smallest absolute Gasteiger partial charge is 0.132 e. The molecule has 96 valence electrons. The molecule has 0 aromatic carbocycles. The summed E-state index contributed by atoms with van der Waals surface area (Å²) in [6.45, 7) is 7.77. The van der Waals surface area contributed by atoms with Gasteiger partial charge in [-0.15, -0.1) is 0 Å². The van der Waals surface area contributed by atoms with Crippen LogP contribution >= 0.6 is 0 Å². The van der Waals surface area contributed by atoms with Crippen LogP contribution in [0.5, 0.6) is 0 Å². The molecule has 4 nitrogen and oxygen atoms in total. The molecule has 1 saturated heterocycles. The van der Waals surface area contributed by atoms with Gasteiger partial charge >= 0.3 is 0 Å². The summed E-state index contributed by atoms with van der Waals surface area (Å²) in [5.41, 5.74) is 0.695. The molecule has 17 heavy (non-hydrogen) atoms. The quantitative estimate of drug-likeness (QED) is 0.338. The number of hydrogen-bond acceptors (Lipinski definition) is 4. The van der Waals surface area contributed by atoms with Crippen molar-refractivity contribution >= 4 is 5.71 Å². The lowest BCUT2D eigenvalue weighted by Gasteiger charge is -2.13. The van der Waals surface area contributed by atoms with Crippen molar-refractivity contribution in [1.82, 2.24) is 4.90 Å². The average molecular weight is 238 g/mol. The summed E-state index contributed by atoms with van der Waals surface area (Å²) in [5.74, 6) is 5.63. The van der Waals surface area contributed by atoms with Gasteiger partial charge in [-0.25, -0.2) is 0 Å². The Bertz CT molecular complexity index is 296. The molecular formula is C13H22N2O2. The zero-order valence-corrected chi connectivity index (χ0v) is 10.8. The van der Waals surface area contributed by atoms with Crippen LogP contribution in [-0.4, -0.2) is 48.6 Å². The SMILES string of the molecule is CC(C)/C(C#CCO)=N/OCCN1CCCC1. The Balaban J connectivity index is 2.28. The zero-order valence-electron chi connectivity index (χ0n) is 10.8. The second-order valence-corrected chi connectivity index (χ2v) is 4.47. The number of nitrogens with zero attached hydrogens (tertiary/aromatic N) is 2. The number of oxime groups is 1. The molecule has 0 unspecified atom stereocenters. The summed E-state index contributed by atoms with van der Waals surface area (Å²) >= 11 is 0. The number of aliphatic hydroxyl groups is 1. The molecule has 1 rings (SSSR count). The summed E-state index contributed by atoms with van der Waals surface area (Å²) in [6, 6.07) is 0. The van der Waals surface area contributed by atoms with E-state index >= 15 is 0 Å². The Morgan fingerprint density at radius 3 is 2.71 bits per heavy atom. The lowest BCUT2D eigenvalue weighted by atomic mass is 10.1. The van der Waals surface area contributed by atoms with Crippen LogP contribution in [0.2, 0.25) is 0 Å². The fourth-order valence-corrected chi connectivity index (χ4v) is 1.69. The van der Waals surface area contributed by atoms with E-state index in [9.17, 15) is 0 Å². The van der Waals surface area contributed by atoms with Gasteiger partial charge in [-0.2, -0.15) is 0 Å². The van der Waals surface area contributed by atoms with E-state index in [4.69, 9.17) is 9.94 Å². The summed E-state index contributed by atoms with van der Waals surface area (Å²) in [5, 5.41) is 12.7. The van der Waals surface area contributed by atoms with Gasteiger partial charge in [0.05, 0.1) is 0 Å². The van der Waals surface area contributed by atoms with Crippen LogP contribution in [0.15, 0.2) is 5.16 Å². The van der Waals surface area contributed by atoms with E-state index in [2.05, 4.69) is 21.9 Å². The van der Waals surface area contributed by atoms with Gasteiger partial charge in [0.1, 0.15) is 18.9 Å². The summed E-state index contributed by atoms with van der Waals surface area (Å²) in [4.78, 5) is 7.66. The van der Waals surface area contributed by atoms with Crippen LogP contribution in [0, 0.1) is 17.8 Å². The van der Waals surface area contributed by atoms with Crippen molar-refractivity contribution in [3.8, 4) is 11.8 Å². The van der Waals surface area contributed by atoms with Crippen LogP contribution in [-0.2, 0) is 4.84 Å². The van der Waals surface area contributed by atoms with Crippen LogP contribution in [0.3, 0.4) is 0 Å². The first-order chi connectivity index (χ1) is 8.24. The highest BCUT2D eigenvalue weighted by Gasteiger charge is 2.10. The number of hydrogen-bond donors (Lipinski definition) is 1. The molecule has 1 aliphatic heterocycles. The van der Waals surface area contributed by atoms with Gasteiger partial charge < -0.3 is 9.94 Å². The van der Waals surface area contributed by atoms with Crippen molar-refractivity contribution in [2.45, 2.75) is 26.7 Å². The molecule has 0 aromatic rings. The van der Waals surface area contributed by atoms with Gasteiger partial charge in [0.2, 0.25) is 0 Å². The van der Waals surface area contributed by atoms with E-state index in [1.54, 1.807) is 0 Å². The lowest BCUT2D eigenvalue weighted by Crippen LogP contribution is -2.23. The van der Waals surface area contributed by atoms with Gasteiger partial charge in [0.25, 0.3) is 0 Å². The van der Waals surface area contributed by atoms with Crippen LogP contribution < -0.4 is 0 Å². The minimum absolute atomic E-state index is 0.139. The largest absolute Gasteiger partial charge is 0.394 e. The maximum atomic E-state index is 8.64. The van der Waals surface area contributed by atoms with Crippen LogP contribution in [0.4, 0.5) is 0 Å². The fourth-order valence-electron chi connectivity index (χ4n) is 1.69. The first kappa shape index (κ1) is 14.0. The van der Waals surface area contributed by atoms with Crippen molar-refractivity contribution in [2.24, 2.45) is 11.1 Å². The Labute approximate surface area is 104 Å². The predicted molar refractivity (Wildman–Crippen MR) is 68.8 cm³/mol. The van der Waals surface area contributed by atoms with Crippen molar-refractivity contribution < 1.29 is 9.94 Å². The van der Waals surface area contributed by atoms with E-state index in [1.807, 2.05) is 13.8 Å². The number of likely N-dealkylation sites (tertiary alicyclic amines) is 1. The maximum absolute atomic E-state index is 8.64. The molecule has 0 radical (unpaired) electrons. The Morgan fingerprint density at radius 2 is 2.12 bits per heavy atom. The molecule has 1 aliphatic rings. The Morgan fingerprint density at radius 1 is 1.41 bits per heavy atom. The first-order valence-electron chi connectivity index (χ1n) is 6.26. The third-order valence-corrected chi connectivity index (χ3v) is 2.70. The van der Waals surface area contributed by atoms with E-state index in [0.29, 0.717) is 12.3 Å². The van der Waals surface area contributed by atoms with Crippen LogP contribution in [0.1, 0.15) is 26.7 Å². The highest BCUT2D eigenvalue weighted by Crippen LogP contribution is 2.06. The predicted octanol–water partition coefficient (Wildman–Crippen LogP) is 1.11. The van der Waals surface area contributed by atoms with Crippen molar-refractivity contribution in [2.75, 3.05) is 32.8 Å². The second-order valence-electron chi connectivity index (χ2n) is 4.47. The van der Waals surface area contributed by atoms with Gasteiger partial charge in [-0.3, -0.25) is 4.90 Å². The molecule has 0 aliphatic carbocycles. The lowest BCUT2D eigenvalue weighted by molar-refractivity contribution is 0.118. The highest BCUT2D eigenvalue weighted by atomic mass is 16.6. The third-order valence-electron chi connectivity index (χ3n) is 2.70. The third kappa shape index (κ3) is 5.71. The molecule has 0 amide bonds. The molecule has 0 bridgehead atoms. The van der Waals surface area contributed by atoms with E-state index < -0.39 is 0 Å². The topological polar surface area (TPSA) is 45.1 Å². The van der Waals surface area contributed by atoms with Crippen molar-refractivity contribution in [1.29, 1.82) is 0 Å². The monoisotopic (exact) mass is 238 g/mol. The molecule has 0 aromatic heterocycles. The maximum Gasteiger partial charge on any atom is 0.132 e. The molecule has 0 atom stereocenters. The van der Waals surface area contributed by atoms with Crippen LogP contribution in [0.25, 0.3) is 0 Å². The fraction of sp³-hybridized carbons (Fsp3) is 0.769. The molecule has 4 heteroatoms. The second kappa shape index (κ2) is 8.10. The molecule has 1 N–H and O–H groups in total. The van der Waals surface area contributed by atoms with Gasteiger partial charge in [-0.05, 0) is 31.9 Å². The number of rotatable bonds is 5. The normalized spacial score (nSPS) is 17.1. The van der Waals surface area contributed by atoms with E-state index in [1.165, 1.54) is 25.9 Å². The van der Waals surface area contributed by atoms with Gasteiger partial charge in [0.15, 0.2) is 0 Å². The summed E-state index contributed by atoms with van der Waals surface area (Å²) in [7, 11) is 0. The Hall–Kier alpha value is -1.05. The molecule has 1 fully saturated rings. The van der Waals surface area contributed by atoms with E-state index in [-0.39, 0.29) is 12.5 Å². The molecule has 1 heterocycles. The van der Waals surface area contributed by atoms with Crippen molar-refractivity contribution in [3.05, 3.63) is 0 Å². The minimum atomic E-state index is -0.139. The highest BCUT2D eigenvalue weighted by molar-refractivity contribution is 6.01. The first-order valence-corrected chi connectivity index (χ1v) is 6.26. The van der Waals surface area contributed by atoms with E-state index in [0.717, 1.165) is 6.54 Å². The zero-order chi connectivity index (χ0) is 12.5. The summed E-state index contributed by atoms with van der Waals surface area (Å²) in [6.07, 6.45) is 2.59. The number of aliphatic hydroxyl groups excluding tert-OH is 1. The average Bonchev–Trinajstić information content (AvgIpc) is 2.80. The van der Waals surface area contributed by atoms with Gasteiger partial charge in [-0.1, -0.05) is 24.9 Å². The molecular weight excluding hydrogens is 216 g/mol. The van der Waals surface area contributed by atoms with Gasteiger partial charge in [0, 0.05) is 12.5 Å². The molecule has 0 spiro atoms.